The minimum absolute atomic E-state index is 0.158. The Balaban J connectivity index is 1.73. The van der Waals surface area contributed by atoms with E-state index in [9.17, 15) is 27.7 Å². The summed E-state index contributed by atoms with van der Waals surface area (Å²) in [7, 11) is -4.53. The summed E-state index contributed by atoms with van der Waals surface area (Å²) in [5, 5.41) is 16.6. The Labute approximate surface area is 195 Å². The average molecular weight is 489 g/mol. The van der Waals surface area contributed by atoms with Crippen molar-refractivity contribution < 1.29 is 27.7 Å². The number of thiazole rings is 1. The van der Waals surface area contributed by atoms with Gasteiger partial charge in [0.05, 0.1) is 23.8 Å². The standard InChI is InChI=1S/C22H23N3O6S2/c1-2-5-17-18(32-22(25-17)23-13-20(26)27)12-14-8-10-15(11-9-14)24-21(28)16-6-3-4-7-19(16)33(29,30)31/h3-4,6-11H,2,5,12-13H2,1H3,(H,23,25)(H,24,28)(H,26,27)(H,29,30,31)/p-1. The van der Waals surface area contributed by atoms with Gasteiger partial charge in [-0.05, 0) is 36.2 Å². The molecule has 9 nitrogen and oxygen atoms in total. The van der Waals surface area contributed by atoms with Crippen molar-refractivity contribution >= 4 is 44.2 Å². The SMILES string of the molecule is CCCc1nc(NCC(=O)[O-])sc1Cc1ccc(NC(=O)c2ccccc2S(=O)(=O)O)cc1. The normalized spacial score (nSPS) is 11.2. The number of anilines is 2. The van der Waals surface area contributed by atoms with Crippen LogP contribution in [0.25, 0.3) is 0 Å². The van der Waals surface area contributed by atoms with Gasteiger partial charge < -0.3 is 20.5 Å². The fourth-order valence-electron chi connectivity index (χ4n) is 3.15. The van der Waals surface area contributed by atoms with E-state index < -0.39 is 26.9 Å². The molecule has 33 heavy (non-hydrogen) atoms. The number of aromatic nitrogens is 1. The van der Waals surface area contributed by atoms with Gasteiger partial charge in [0.2, 0.25) is 0 Å². The molecule has 11 heteroatoms. The molecule has 1 aromatic heterocycles. The van der Waals surface area contributed by atoms with Gasteiger partial charge in [-0.15, -0.1) is 11.3 Å². The average Bonchev–Trinajstić information content (AvgIpc) is 3.14. The first-order valence-corrected chi connectivity index (χ1v) is 12.3. The molecule has 1 amide bonds. The van der Waals surface area contributed by atoms with Crippen LogP contribution in [0, 0.1) is 0 Å². The van der Waals surface area contributed by atoms with Crippen molar-refractivity contribution in [1.82, 2.24) is 4.98 Å². The molecular formula is C22H22N3O6S2-. The van der Waals surface area contributed by atoms with Crippen LogP contribution in [0.15, 0.2) is 53.4 Å². The molecule has 0 fully saturated rings. The number of nitrogens with one attached hydrogen (secondary N) is 2. The Morgan fingerprint density at radius 1 is 1.12 bits per heavy atom. The highest BCUT2D eigenvalue weighted by Crippen LogP contribution is 2.27. The van der Waals surface area contributed by atoms with Gasteiger partial charge >= 0.3 is 0 Å². The molecule has 0 aliphatic carbocycles. The van der Waals surface area contributed by atoms with Gasteiger partial charge in [-0.25, -0.2) is 4.98 Å². The van der Waals surface area contributed by atoms with Crippen LogP contribution in [0.5, 0.6) is 0 Å². The Morgan fingerprint density at radius 3 is 2.45 bits per heavy atom. The van der Waals surface area contributed by atoms with Gasteiger partial charge in [-0.2, -0.15) is 8.42 Å². The summed E-state index contributed by atoms with van der Waals surface area (Å²) >= 11 is 1.39. The number of hydrogen-bond donors (Lipinski definition) is 3. The number of carboxylic acids is 1. The molecule has 3 aromatic rings. The number of aliphatic carboxylic acids is 1. The number of carboxylic acid groups (broad SMARTS) is 1. The van der Waals surface area contributed by atoms with Crippen molar-refractivity contribution in [2.75, 3.05) is 17.2 Å². The summed E-state index contributed by atoms with van der Waals surface area (Å²) in [6.07, 6.45) is 2.24. The summed E-state index contributed by atoms with van der Waals surface area (Å²) in [6.45, 7) is 1.72. The quantitative estimate of drug-likeness (QED) is 0.368. The lowest BCUT2D eigenvalue weighted by Crippen LogP contribution is -2.30. The molecule has 0 saturated heterocycles. The third-order valence-electron chi connectivity index (χ3n) is 4.64. The van der Waals surface area contributed by atoms with Crippen molar-refractivity contribution in [3.05, 3.63) is 70.2 Å². The third kappa shape index (κ3) is 6.60. The maximum Gasteiger partial charge on any atom is 0.295 e. The van der Waals surface area contributed by atoms with Crippen molar-refractivity contribution in [2.24, 2.45) is 0 Å². The smallest absolute Gasteiger partial charge is 0.295 e. The zero-order valence-electron chi connectivity index (χ0n) is 17.7. The van der Waals surface area contributed by atoms with Gasteiger partial charge in [0, 0.05) is 17.0 Å². The zero-order valence-corrected chi connectivity index (χ0v) is 19.3. The van der Waals surface area contributed by atoms with E-state index in [1.807, 2.05) is 19.1 Å². The maximum atomic E-state index is 12.5. The number of benzene rings is 2. The molecular weight excluding hydrogens is 466 g/mol. The highest BCUT2D eigenvalue weighted by atomic mass is 32.2. The van der Waals surface area contributed by atoms with Crippen LogP contribution < -0.4 is 15.7 Å². The Morgan fingerprint density at radius 2 is 1.82 bits per heavy atom. The largest absolute Gasteiger partial charge is 0.548 e. The molecule has 0 spiro atoms. The maximum absolute atomic E-state index is 12.5. The molecule has 2 aromatic carbocycles. The monoisotopic (exact) mass is 488 g/mol. The Kier molecular flexibility index (Phi) is 7.79. The van der Waals surface area contributed by atoms with Crippen molar-refractivity contribution in [2.45, 2.75) is 31.1 Å². The summed E-state index contributed by atoms with van der Waals surface area (Å²) < 4.78 is 32.4. The summed E-state index contributed by atoms with van der Waals surface area (Å²) in [6, 6.07) is 12.4. The second-order valence-electron chi connectivity index (χ2n) is 7.16. The molecule has 0 radical (unpaired) electrons. The topological polar surface area (TPSA) is 149 Å². The van der Waals surface area contributed by atoms with Crippen molar-refractivity contribution in [3.8, 4) is 0 Å². The van der Waals surface area contributed by atoms with E-state index in [1.54, 1.807) is 12.1 Å². The molecule has 0 saturated carbocycles. The van der Waals surface area contributed by atoms with E-state index >= 15 is 0 Å². The van der Waals surface area contributed by atoms with Crippen LogP contribution >= 0.6 is 11.3 Å². The van der Waals surface area contributed by atoms with Gasteiger partial charge in [0.25, 0.3) is 16.0 Å². The number of hydrogen-bond acceptors (Lipinski definition) is 8. The summed E-state index contributed by atoms with van der Waals surface area (Å²) in [5.41, 5.74) is 2.17. The molecule has 0 aliphatic heterocycles. The molecule has 1 heterocycles. The first kappa shape index (κ1) is 24.4. The fraction of sp³-hybridized carbons (Fsp3) is 0.227. The second kappa shape index (κ2) is 10.6. The minimum atomic E-state index is -4.53. The number of nitrogens with zero attached hydrogens (tertiary/aromatic N) is 1. The predicted molar refractivity (Wildman–Crippen MR) is 123 cm³/mol. The van der Waals surface area contributed by atoms with E-state index in [4.69, 9.17) is 0 Å². The van der Waals surface area contributed by atoms with E-state index in [0.29, 0.717) is 17.2 Å². The van der Waals surface area contributed by atoms with Crippen LogP contribution in [0.2, 0.25) is 0 Å². The number of amides is 1. The predicted octanol–water partition coefficient (Wildman–Crippen LogP) is 2.35. The molecule has 0 aliphatic rings. The minimum Gasteiger partial charge on any atom is -0.548 e. The van der Waals surface area contributed by atoms with Gasteiger partial charge in [-0.1, -0.05) is 37.6 Å². The van der Waals surface area contributed by atoms with Gasteiger partial charge in [0.1, 0.15) is 4.90 Å². The van der Waals surface area contributed by atoms with Crippen molar-refractivity contribution in [3.63, 3.8) is 0 Å². The van der Waals surface area contributed by atoms with Crippen molar-refractivity contribution in [1.29, 1.82) is 0 Å². The zero-order chi connectivity index (χ0) is 24.0. The van der Waals surface area contributed by atoms with E-state index in [2.05, 4.69) is 15.6 Å². The summed E-state index contributed by atoms with van der Waals surface area (Å²) in [4.78, 5) is 28.2. The van der Waals surface area contributed by atoms with Crippen LogP contribution in [0.3, 0.4) is 0 Å². The molecule has 3 N–H and O–H groups in total. The number of rotatable bonds is 10. The Hall–Kier alpha value is -3.28. The second-order valence-corrected chi connectivity index (χ2v) is 9.64. The van der Waals surface area contributed by atoms with Crippen LogP contribution in [0.4, 0.5) is 10.8 Å². The molecule has 174 valence electrons. The lowest BCUT2D eigenvalue weighted by Gasteiger charge is -2.09. The first-order valence-electron chi connectivity index (χ1n) is 10.1. The number of carbonyl (C=O) groups is 2. The molecule has 0 unspecified atom stereocenters. The lowest BCUT2D eigenvalue weighted by atomic mass is 10.1. The van der Waals surface area contributed by atoms with Crippen LogP contribution in [0.1, 0.15) is 39.8 Å². The highest BCUT2D eigenvalue weighted by Gasteiger charge is 2.20. The van der Waals surface area contributed by atoms with Gasteiger partial charge in [-0.3, -0.25) is 9.35 Å². The highest BCUT2D eigenvalue weighted by molar-refractivity contribution is 7.86. The molecule has 3 rings (SSSR count). The lowest BCUT2D eigenvalue weighted by molar-refractivity contribution is -0.302. The van der Waals surface area contributed by atoms with Crippen LogP contribution in [-0.2, 0) is 27.8 Å². The molecule has 0 bridgehead atoms. The van der Waals surface area contributed by atoms with Crippen LogP contribution in [-0.4, -0.2) is 36.4 Å². The van der Waals surface area contributed by atoms with E-state index in [0.717, 1.165) is 35.0 Å². The first-order chi connectivity index (χ1) is 15.7. The fourth-order valence-corrected chi connectivity index (χ4v) is 4.87. The summed E-state index contributed by atoms with van der Waals surface area (Å²) in [5.74, 6) is -1.87. The molecule has 0 atom stereocenters. The van der Waals surface area contributed by atoms with E-state index in [1.165, 1.54) is 29.5 Å². The van der Waals surface area contributed by atoms with E-state index in [-0.39, 0.29) is 12.1 Å². The third-order valence-corrected chi connectivity index (χ3v) is 6.60. The number of carbonyl (C=O) groups excluding carboxylic acids is 2. The van der Waals surface area contributed by atoms with Gasteiger partial charge in [0.15, 0.2) is 5.13 Å². The Bertz CT molecular complexity index is 1250. The number of aryl methyl sites for hydroxylation is 1.